The van der Waals surface area contributed by atoms with E-state index in [1.165, 1.54) is 0 Å². The summed E-state index contributed by atoms with van der Waals surface area (Å²) in [5.74, 6) is 0. The molecule has 0 aliphatic carbocycles. The molecule has 1 heterocycles. The summed E-state index contributed by atoms with van der Waals surface area (Å²) in [6.45, 7) is 1.22. The van der Waals surface area contributed by atoms with Gasteiger partial charge in [0.1, 0.15) is 0 Å². The van der Waals surface area contributed by atoms with Gasteiger partial charge in [0.15, 0.2) is 0 Å². The van der Waals surface area contributed by atoms with Crippen LogP contribution in [0, 0.1) is 0 Å². The third kappa shape index (κ3) is 1.90. The lowest BCUT2D eigenvalue weighted by molar-refractivity contribution is 0.274. The standard InChI is InChI=1S/C5H10O2/c6-3-1-2-5-4-7-5/h5-6H,1-4H2/t5-/m0/s1. The fourth-order valence-electron chi connectivity index (χ4n) is 0.554. The summed E-state index contributed by atoms with van der Waals surface area (Å²) in [5, 5.41) is 8.29. The molecule has 0 radical (unpaired) electrons. The second-order valence-corrected chi connectivity index (χ2v) is 1.82. The van der Waals surface area contributed by atoms with Gasteiger partial charge in [0.25, 0.3) is 0 Å². The molecule has 0 amide bonds. The SMILES string of the molecule is OCCC[C@H]1CO1. The first-order valence-corrected chi connectivity index (χ1v) is 2.66. The summed E-state index contributed by atoms with van der Waals surface area (Å²) in [4.78, 5) is 0. The maximum Gasteiger partial charge on any atom is 0.0810 e. The fraction of sp³-hybridized carbons (Fsp3) is 1.00. The van der Waals surface area contributed by atoms with Crippen LogP contribution in [0.5, 0.6) is 0 Å². The number of hydrogen-bond acceptors (Lipinski definition) is 2. The number of aliphatic hydroxyl groups is 1. The van der Waals surface area contributed by atoms with Crippen LogP contribution in [-0.2, 0) is 4.74 Å². The third-order valence-corrected chi connectivity index (χ3v) is 1.09. The summed E-state index contributed by atoms with van der Waals surface area (Å²) in [5.41, 5.74) is 0. The van der Waals surface area contributed by atoms with Crippen molar-refractivity contribution in [2.24, 2.45) is 0 Å². The summed E-state index contributed by atoms with van der Waals surface area (Å²) in [7, 11) is 0. The molecule has 1 rings (SSSR count). The lowest BCUT2D eigenvalue weighted by Crippen LogP contribution is -1.87. The number of epoxide rings is 1. The molecular formula is C5H10O2. The Labute approximate surface area is 43.1 Å². The van der Waals surface area contributed by atoms with E-state index in [0.717, 1.165) is 19.4 Å². The first-order valence-electron chi connectivity index (χ1n) is 2.66. The largest absolute Gasteiger partial charge is 0.396 e. The number of hydrogen-bond donors (Lipinski definition) is 1. The van der Waals surface area contributed by atoms with Crippen LogP contribution in [0.15, 0.2) is 0 Å². The Morgan fingerprint density at radius 2 is 2.43 bits per heavy atom. The van der Waals surface area contributed by atoms with Crippen LogP contribution in [0.3, 0.4) is 0 Å². The summed E-state index contributed by atoms with van der Waals surface area (Å²) in [6.07, 6.45) is 2.42. The van der Waals surface area contributed by atoms with Gasteiger partial charge in [-0.25, -0.2) is 0 Å². The van der Waals surface area contributed by atoms with E-state index >= 15 is 0 Å². The maximum absolute atomic E-state index is 8.29. The van der Waals surface area contributed by atoms with Gasteiger partial charge in [-0.05, 0) is 12.8 Å². The third-order valence-electron chi connectivity index (χ3n) is 1.09. The second-order valence-electron chi connectivity index (χ2n) is 1.82. The Hall–Kier alpha value is -0.0800. The molecule has 0 aromatic carbocycles. The molecule has 1 N–H and O–H groups in total. The normalized spacial score (nSPS) is 27.9. The molecule has 42 valence electrons. The monoisotopic (exact) mass is 102 g/mol. The van der Waals surface area contributed by atoms with Crippen LogP contribution in [0.4, 0.5) is 0 Å². The lowest BCUT2D eigenvalue weighted by Gasteiger charge is -1.86. The van der Waals surface area contributed by atoms with Crippen molar-refractivity contribution in [1.82, 2.24) is 0 Å². The molecule has 2 heteroatoms. The molecular weight excluding hydrogens is 92.1 g/mol. The van der Waals surface area contributed by atoms with Crippen molar-refractivity contribution in [3.05, 3.63) is 0 Å². The molecule has 0 aromatic rings. The average molecular weight is 102 g/mol. The Bertz CT molecular complexity index is 50.0. The van der Waals surface area contributed by atoms with E-state index < -0.39 is 0 Å². The van der Waals surface area contributed by atoms with Crippen LogP contribution < -0.4 is 0 Å². The quantitative estimate of drug-likeness (QED) is 0.515. The first-order chi connectivity index (χ1) is 3.43. The van der Waals surface area contributed by atoms with Crippen LogP contribution in [0.1, 0.15) is 12.8 Å². The van der Waals surface area contributed by atoms with Crippen molar-refractivity contribution < 1.29 is 9.84 Å². The topological polar surface area (TPSA) is 32.8 Å². The maximum atomic E-state index is 8.29. The molecule has 0 aromatic heterocycles. The van der Waals surface area contributed by atoms with Crippen molar-refractivity contribution in [2.45, 2.75) is 18.9 Å². The second kappa shape index (κ2) is 2.28. The van der Waals surface area contributed by atoms with Crippen LogP contribution in [0.2, 0.25) is 0 Å². The van der Waals surface area contributed by atoms with Gasteiger partial charge in [0.2, 0.25) is 0 Å². The van der Waals surface area contributed by atoms with Crippen molar-refractivity contribution in [3.63, 3.8) is 0 Å². The molecule has 0 unspecified atom stereocenters. The van der Waals surface area contributed by atoms with Crippen molar-refractivity contribution in [2.75, 3.05) is 13.2 Å². The van der Waals surface area contributed by atoms with Crippen LogP contribution in [0.25, 0.3) is 0 Å². The van der Waals surface area contributed by atoms with Gasteiger partial charge in [-0.3, -0.25) is 0 Å². The van der Waals surface area contributed by atoms with Gasteiger partial charge in [-0.2, -0.15) is 0 Å². The Morgan fingerprint density at radius 3 is 2.86 bits per heavy atom. The van der Waals surface area contributed by atoms with E-state index in [-0.39, 0.29) is 0 Å². The summed E-state index contributed by atoms with van der Waals surface area (Å²) >= 11 is 0. The minimum atomic E-state index is 0.305. The van der Waals surface area contributed by atoms with Crippen LogP contribution >= 0.6 is 0 Å². The molecule has 1 aliphatic rings. The Morgan fingerprint density at radius 1 is 1.71 bits per heavy atom. The van der Waals surface area contributed by atoms with Gasteiger partial charge in [-0.15, -0.1) is 0 Å². The lowest BCUT2D eigenvalue weighted by atomic mass is 10.3. The molecule has 7 heavy (non-hydrogen) atoms. The van der Waals surface area contributed by atoms with E-state index in [0.29, 0.717) is 12.7 Å². The van der Waals surface area contributed by atoms with Gasteiger partial charge in [0, 0.05) is 6.61 Å². The molecule has 0 saturated carbocycles. The zero-order valence-electron chi connectivity index (χ0n) is 4.26. The molecule has 2 nitrogen and oxygen atoms in total. The molecule has 0 bridgehead atoms. The Kier molecular flexibility index (Phi) is 1.65. The first kappa shape index (κ1) is 5.06. The van der Waals surface area contributed by atoms with E-state index in [2.05, 4.69) is 0 Å². The highest BCUT2D eigenvalue weighted by molar-refractivity contribution is 4.67. The van der Waals surface area contributed by atoms with Gasteiger partial charge < -0.3 is 9.84 Å². The predicted octanol–water partition coefficient (Wildman–Crippen LogP) is 0.158. The highest BCUT2D eigenvalue weighted by Gasteiger charge is 2.20. The Balaban J connectivity index is 1.80. The molecule has 1 fully saturated rings. The smallest absolute Gasteiger partial charge is 0.0810 e. The van der Waals surface area contributed by atoms with Crippen LogP contribution in [-0.4, -0.2) is 24.4 Å². The van der Waals surface area contributed by atoms with Gasteiger partial charge in [-0.1, -0.05) is 0 Å². The zero-order chi connectivity index (χ0) is 5.11. The minimum Gasteiger partial charge on any atom is -0.396 e. The van der Waals surface area contributed by atoms with E-state index in [1.807, 2.05) is 0 Å². The highest BCUT2D eigenvalue weighted by Crippen LogP contribution is 2.14. The van der Waals surface area contributed by atoms with E-state index in [1.54, 1.807) is 0 Å². The van der Waals surface area contributed by atoms with Gasteiger partial charge in [0.05, 0.1) is 12.7 Å². The average Bonchev–Trinajstić information content (AvgIpc) is 2.42. The molecule has 1 atom stereocenters. The molecule has 1 saturated heterocycles. The van der Waals surface area contributed by atoms with Gasteiger partial charge >= 0.3 is 0 Å². The zero-order valence-corrected chi connectivity index (χ0v) is 4.26. The number of ether oxygens (including phenoxy) is 1. The molecule has 0 spiro atoms. The van der Waals surface area contributed by atoms with Crippen molar-refractivity contribution in [3.8, 4) is 0 Å². The summed E-state index contributed by atoms with van der Waals surface area (Å²) in [6, 6.07) is 0. The fourth-order valence-corrected chi connectivity index (χ4v) is 0.554. The minimum absolute atomic E-state index is 0.305. The highest BCUT2D eigenvalue weighted by atomic mass is 16.6. The van der Waals surface area contributed by atoms with E-state index in [4.69, 9.17) is 9.84 Å². The predicted molar refractivity (Wildman–Crippen MR) is 26.1 cm³/mol. The summed E-state index contributed by atoms with van der Waals surface area (Å²) < 4.78 is 4.90. The van der Waals surface area contributed by atoms with E-state index in [9.17, 15) is 0 Å². The number of aliphatic hydroxyl groups excluding tert-OH is 1. The van der Waals surface area contributed by atoms with Crippen molar-refractivity contribution >= 4 is 0 Å². The molecule has 1 aliphatic heterocycles. The number of rotatable bonds is 3. The van der Waals surface area contributed by atoms with Crippen molar-refractivity contribution in [1.29, 1.82) is 0 Å².